The minimum absolute atomic E-state index is 0.0130. The van der Waals surface area contributed by atoms with Crippen LogP contribution in [0.2, 0.25) is 0 Å². The van der Waals surface area contributed by atoms with Crippen LogP contribution >= 0.6 is 0 Å². The molecule has 0 saturated carbocycles. The van der Waals surface area contributed by atoms with Crippen LogP contribution < -0.4 is 19.1 Å². The van der Waals surface area contributed by atoms with Gasteiger partial charge in [-0.25, -0.2) is 12.8 Å². The Hall–Kier alpha value is -3.34. The fourth-order valence-corrected chi connectivity index (χ4v) is 4.58. The molecule has 0 bridgehead atoms. The first-order chi connectivity index (χ1) is 16.1. The van der Waals surface area contributed by atoms with Crippen LogP contribution in [0.4, 0.5) is 10.1 Å². The zero-order valence-electron chi connectivity index (χ0n) is 19.3. The highest BCUT2D eigenvalue weighted by atomic mass is 32.2. The SMILES string of the molecule is CNC(=O)[C@H](C)N(Cc1ccc(F)cc1)C(=O)CCCN(c1ccc2c(c1)OCO2)S(C)(=O)=O. The molecule has 2 amide bonds. The molecule has 11 heteroatoms. The summed E-state index contributed by atoms with van der Waals surface area (Å²) in [6.07, 6.45) is 1.33. The zero-order chi connectivity index (χ0) is 24.9. The van der Waals surface area contributed by atoms with Gasteiger partial charge in [0.1, 0.15) is 11.9 Å². The summed E-state index contributed by atoms with van der Waals surface area (Å²) < 4.78 is 49.9. The number of carbonyl (C=O) groups is 2. The molecule has 1 N–H and O–H groups in total. The zero-order valence-corrected chi connectivity index (χ0v) is 20.1. The monoisotopic (exact) mass is 493 g/mol. The van der Waals surface area contributed by atoms with Gasteiger partial charge in [0.2, 0.25) is 28.6 Å². The molecule has 0 unspecified atom stereocenters. The molecule has 34 heavy (non-hydrogen) atoms. The van der Waals surface area contributed by atoms with E-state index in [2.05, 4.69) is 5.32 Å². The third kappa shape index (κ3) is 6.16. The van der Waals surface area contributed by atoms with Crippen LogP contribution in [0.25, 0.3) is 0 Å². The van der Waals surface area contributed by atoms with Crippen molar-refractivity contribution in [1.29, 1.82) is 0 Å². The van der Waals surface area contributed by atoms with Crippen LogP contribution in [0.3, 0.4) is 0 Å². The molecular weight excluding hydrogens is 465 g/mol. The van der Waals surface area contributed by atoms with Gasteiger partial charge in [0, 0.05) is 32.6 Å². The molecule has 0 radical (unpaired) electrons. The molecule has 9 nitrogen and oxygen atoms in total. The number of sulfonamides is 1. The van der Waals surface area contributed by atoms with Gasteiger partial charge in [0.25, 0.3) is 0 Å². The maximum Gasteiger partial charge on any atom is 0.242 e. The number of rotatable bonds is 10. The summed E-state index contributed by atoms with van der Waals surface area (Å²) in [6.45, 7) is 1.85. The van der Waals surface area contributed by atoms with Crippen molar-refractivity contribution in [3.8, 4) is 11.5 Å². The number of carbonyl (C=O) groups excluding carboxylic acids is 2. The maximum absolute atomic E-state index is 13.3. The number of ether oxygens (including phenoxy) is 2. The Morgan fingerprint density at radius 1 is 1.12 bits per heavy atom. The minimum atomic E-state index is -3.63. The first-order valence-corrected chi connectivity index (χ1v) is 12.6. The van der Waals surface area contributed by atoms with Crippen LogP contribution in [0, 0.1) is 5.82 Å². The van der Waals surface area contributed by atoms with E-state index in [1.165, 1.54) is 28.4 Å². The quantitative estimate of drug-likeness (QED) is 0.544. The van der Waals surface area contributed by atoms with Crippen molar-refractivity contribution in [2.24, 2.45) is 0 Å². The number of hydrogen-bond donors (Lipinski definition) is 1. The van der Waals surface area contributed by atoms with Crippen molar-refractivity contribution in [1.82, 2.24) is 10.2 Å². The molecule has 184 valence electrons. The van der Waals surface area contributed by atoms with Gasteiger partial charge >= 0.3 is 0 Å². The van der Waals surface area contributed by atoms with E-state index < -0.39 is 21.9 Å². The number of benzene rings is 2. The van der Waals surface area contributed by atoms with Gasteiger partial charge in [-0.2, -0.15) is 0 Å². The molecule has 1 aliphatic heterocycles. The van der Waals surface area contributed by atoms with E-state index in [9.17, 15) is 22.4 Å². The van der Waals surface area contributed by atoms with Gasteiger partial charge in [-0.15, -0.1) is 0 Å². The summed E-state index contributed by atoms with van der Waals surface area (Å²) in [5.41, 5.74) is 1.07. The lowest BCUT2D eigenvalue weighted by atomic mass is 10.1. The highest BCUT2D eigenvalue weighted by Crippen LogP contribution is 2.36. The van der Waals surface area contributed by atoms with Gasteiger partial charge in [-0.1, -0.05) is 12.1 Å². The number of nitrogens with one attached hydrogen (secondary N) is 1. The molecule has 1 heterocycles. The number of halogens is 1. The second kappa shape index (κ2) is 10.7. The van der Waals surface area contributed by atoms with Crippen molar-refractivity contribution in [2.75, 3.05) is 30.9 Å². The molecule has 1 aliphatic rings. The lowest BCUT2D eigenvalue weighted by Crippen LogP contribution is -2.46. The van der Waals surface area contributed by atoms with E-state index in [1.54, 1.807) is 37.3 Å². The standard InChI is InChI=1S/C23H28FN3O6S/c1-16(23(29)25-2)26(14-17-6-8-18(24)9-7-17)22(28)5-4-12-27(34(3,30)31)19-10-11-20-21(13-19)33-15-32-20/h6-11,13,16H,4-5,12,14-15H2,1-3H3,(H,25,29)/t16-/m0/s1. The molecule has 3 rings (SSSR count). The largest absolute Gasteiger partial charge is 0.454 e. The Labute approximate surface area is 198 Å². The highest BCUT2D eigenvalue weighted by molar-refractivity contribution is 7.92. The number of amides is 2. The van der Waals surface area contributed by atoms with Crippen molar-refractivity contribution in [2.45, 2.75) is 32.4 Å². The number of anilines is 1. The predicted molar refractivity (Wildman–Crippen MR) is 124 cm³/mol. The fourth-order valence-electron chi connectivity index (χ4n) is 3.62. The summed E-state index contributed by atoms with van der Waals surface area (Å²) in [5, 5.41) is 2.53. The summed E-state index contributed by atoms with van der Waals surface area (Å²) in [7, 11) is -2.15. The predicted octanol–water partition coefficient (Wildman–Crippen LogP) is 2.26. The minimum Gasteiger partial charge on any atom is -0.454 e. The highest BCUT2D eigenvalue weighted by Gasteiger charge is 2.26. The first-order valence-electron chi connectivity index (χ1n) is 10.7. The average Bonchev–Trinajstić information content (AvgIpc) is 3.27. The molecular formula is C23H28FN3O6S. The van der Waals surface area contributed by atoms with E-state index in [-0.39, 0.29) is 44.5 Å². The lowest BCUT2D eigenvalue weighted by Gasteiger charge is -2.29. The van der Waals surface area contributed by atoms with Gasteiger partial charge < -0.3 is 19.7 Å². The molecule has 0 fully saturated rings. The smallest absolute Gasteiger partial charge is 0.242 e. The number of hydrogen-bond acceptors (Lipinski definition) is 6. The number of likely N-dealkylation sites (N-methyl/N-ethyl adjacent to an activating group) is 1. The Kier molecular flexibility index (Phi) is 7.98. The first kappa shape index (κ1) is 25.3. The van der Waals surface area contributed by atoms with Gasteiger partial charge in [0.15, 0.2) is 11.5 Å². The van der Waals surface area contributed by atoms with Gasteiger partial charge in [-0.3, -0.25) is 13.9 Å². The van der Waals surface area contributed by atoms with Crippen LogP contribution in [-0.2, 0) is 26.2 Å². The molecule has 0 spiro atoms. The van der Waals surface area contributed by atoms with E-state index >= 15 is 0 Å². The van der Waals surface area contributed by atoms with E-state index in [1.807, 2.05) is 0 Å². The van der Waals surface area contributed by atoms with Gasteiger partial charge in [-0.05, 0) is 43.2 Å². The number of nitrogens with zero attached hydrogens (tertiary/aromatic N) is 2. The second-order valence-corrected chi connectivity index (χ2v) is 9.82. The molecule has 2 aromatic carbocycles. The Morgan fingerprint density at radius 2 is 1.79 bits per heavy atom. The maximum atomic E-state index is 13.3. The third-order valence-corrected chi connectivity index (χ3v) is 6.67. The van der Waals surface area contributed by atoms with Crippen molar-refractivity contribution < 1.29 is 31.9 Å². The molecule has 0 aromatic heterocycles. The van der Waals surface area contributed by atoms with E-state index in [0.29, 0.717) is 22.7 Å². The normalized spacial score (nSPS) is 13.3. The molecule has 0 saturated heterocycles. The lowest BCUT2D eigenvalue weighted by molar-refractivity contribution is -0.140. The molecule has 0 aliphatic carbocycles. The average molecular weight is 494 g/mol. The van der Waals surface area contributed by atoms with Crippen LogP contribution in [0.1, 0.15) is 25.3 Å². The summed E-state index contributed by atoms with van der Waals surface area (Å²) in [6, 6.07) is 9.76. The Balaban J connectivity index is 1.71. The Morgan fingerprint density at radius 3 is 2.44 bits per heavy atom. The van der Waals surface area contributed by atoms with Crippen molar-refractivity contribution in [3.63, 3.8) is 0 Å². The van der Waals surface area contributed by atoms with Crippen molar-refractivity contribution >= 4 is 27.5 Å². The summed E-state index contributed by atoms with van der Waals surface area (Å²) in [4.78, 5) is 26.7. The summed E-state index contributed by atoms with van der Waals surface area (Å²) in [5.74, 6) is -0.0717. The molecule has 1 atom stereocenters. The van der Waals surface area contributed by atoms with Gasteiger partial charge in [0.05, 0.1) is 11.9 Å². The van der Waals surface area contributed by atoms with Crippen LogP contribution in [-0.4, -0.2) is 57.8 Å². The van der Waals surface area contributed by atoms with Crippen LogP contribution in [0.15, 0.2) is 42.5 Å². The fraction of sp³-hybridized carbons (Fsp3) is 0.391. The topological polar surface area (TPSA) is 105 Å². The van der Waals surface area contributed by atoms with Crippen molar-refractivity contribution in [3.05, 3.63) is 53.8 Å². The Bertz CT molecular complexity index is 1140. The summed E-state index contributed by atoms with van der Waals surface area (Å²) >= 11 is 0. The third-order valence-electron chi connectivity index (χ3n) is 5.48. The van der Waals surface area contributed by atoms with E-state index in [4.69, 9.17) is 9.47 Å². The molecule has 2 aromatic rings. The van der Waals surface area contributed by atoms with E-state index in [0.717, 1.165) is 6.26 Å². The second-order valence-electron chi connectivity index (χ2n) is 7.91. The van der Waals surface area contributed by atoms with Crippen LogP contribution in [0.5, 0.6) is 11.5 Å². The number of fused-ring (bicyclic) bond motifs is 1.